The Morgan fingerprint density at radius 2 is 1.12 bits per heavy atom. The largest absolute Gasteiger partial charge is 0.249 e. The second-order valence-corrected chi connectivity index (χ2v) is 4.79. The van der Waals surface area contributed by atoms with Crippen LogP contribution < -0.4 is 0 Å². The zero-order valence-electron chi connectivity index (χ0n) is 10.9. The van der Waals surface area contributed by atoms with Crippen molar-refractivity contribution in [2.24, 2.45) is 0 Å². The van der Waals surface area contributed by atoms with Crippen molar-refractivity contribution in [2.45, 2.75) is 39.5 Å². The van der Waals surface area contributed by atoms with Gasteiger partial charge in [0.05, 0.1) is 22.4 Å². The number of fused-ring (bicyclic) bond motifs is 1. The number of hydrogen-bond donors (Lipinski definition) is 0. The molecule has 0 bridgehead atoms. The first-order chi connectivity index (χ1) is 7.59. The average molecular weight is 452 g/mol. The Hall–Kier alpha value is -0.388. The molecule has 0 fully saturated rings. The van der Waals surface area contributed by atoms with E-state index in [1.54, 1.807) is 0 Å². The molecule has 1 aromatic heterocycles. The van der Waals surface area contributed by atoms with Crippen molar-refractivity contribution in [3.8, 4) is 0 Å². The van der Waals surface area contributed by atoms with E-state index in [0.717, 1.165) is 22.4 Å². The molecule has 2 nitrogen and oxygen atoms in total. The topological polar surface area (TPSA) is 25.8 Å². The van der Waals surface area contributed by atoms with Gasteiger partial charge in [-0.1, -0.05) is 39.8 Å². The summed E-state index contributed by atoms with van der Waals surface area (Å²) in [7, 11) is 0. The maximum Gasteiger partial charge on any atom is 0.0890 e. The Labute approximate surface area is 127 Å². The quantitative estimate of drug-likeness (QED) is 0.692. The van der Waals surface area contributed by atoms with Gasteiger partial charge in [-0.25, -0.2) is 9.97 Å². The zero-order valence-corrected chi connectivity index (χ0v) is 15.0. The number of nitrogens with zero attached hydrogens (tertiary/aromatic N) is 2. The number of rotatable bonds is 2. The molecule has 1 heterocycles. The molecule has 3 heteroatoms. The number of benzene rings is 1. The monoisotopic (exact) mass is 452 g/mol. The third-order valence-electron chi connectivity index (χ3n) is 2.72. The molecule has 0 saturated carbocycles. The van der Waals surface area contributed by atoms with E-state index in [2.05, 4.69) is 27.7 Å². The minimum atomic E-state index is 0. The van der Waals surface area contributed by atoms with E-state index in [0.29, 0.717) is 11.8 Å². The van der Waals surface area contributed by atoms with Crippen molar-refractivity contribution in [3.05, 3.63) is 35.7 Å². The molecular formula is C14H18N2U. The Bertz CT molecular complexity index is 460. The first-order valence-electron chi connectivity index (χ1n) is 5.86. The van der Waals surface area contributed by atoms with E-state index in [1.807, 2.05) is 24.3 Å². The maximum atomic E-state index is 4.73. The summed E-state index contributed by atoms with van der Waals surface area (Å²) in [6.07, 6.45) is 0. The summed E-state index contributed by atoms with van der Waals surface area (Å²) in [6, 6.07) is 8.07. The van der Waals surface area contributed by atoms with Crippen molar-refractivity contribution in [3.63, 3.8) is 0 Å². The van der Waals surface area contributed by atoms with Crippen LogP contribution in [0, 0.1) is 31.1 Å². The smallest absolute Gasteiger partial charge is 0.0890 e. The number of para-hydroxylation sites is 2. The van der Waals surface area contributed by atoms with E-state index >= 15 is 0 Å². The normalized spacial score (nSPS) is 10.9. The summed E-state index contributed by atoms with van der Waals surface area (Å²) >= 11 is 0. The molecule has 0 aliphatic heterocycles. The van der Waals surface area contributed by atoms with Crippen LogP contribution in [-0.2, 0) is 0 Å². The van der Waals surface area contributed by atoms with Crippen LogP contribution in [0.2, 0.25) is 0 Å². The Kier molecular flexibility index (Phi) is 5.16. The summed E-state index contributed by atoms with van der Waals surface area (Å²) in [4.78, 5) is 9.47. The van der Waals surface area contributed by atoms with Gasteiger partial charge in [0, 0.05) is 31.1 Å². The fraction of sp³-hybridized carbons (Fsp3) is 0.429. The van der Waals surface area contributed by atoms with Crippen LogP contribution in [0.3, 0.4) is 0 Å². The molecule has 17 heavy (non-hydrogen) atoms. The van der Waals surface area contributed by atoms with Crippen molar-refractivity contribution >= 4 is 11.0 Å². The van der Waals surface area contributed by atoms with Gasteiger partial charge in [0.2, 0.25) is 0 Å². The predicted molar refractivity (Wildman–Crippen MR) is 67.7 cm³/mol. The molecule has 0 radical (unpaired) electrons. The fourth-order valence-corrected chi connectivity index (χ4v) is 1.88. The first-order valence-corrected chi connectivity index (χ1v) is 5.86. The van der Waals surface area contributed by atoms with Gasteiger partial charge in [-0.2, -0.15) is 0 Å². The predicted octanol–water partition coefficient (Wildman–Crippen LogP) is 3.88. The van der Waals surface area contributed by atoms with E-state index in [9.17, 15) is 0 Å². The minimum absolute atomic E-state index is 0. The molecule has 0 N–H and O–H groups in total. The fourth-order valence-electron chi connectivity index (χ4n) is 1.88. The van der Waals surface area contributed by atoms with Crippen LogP contribution in [0.1, 0.15) is 50.9 Å². The van der Waals surface area contributed by atoms with Crippen molar-refractivity contribution in [2.75, 3.05) is 0 Å². The molecule has 0 spiro atoms. The molecule has 0 aliphatic carbocycles. The molecule has 88 valence electrons. The van der Waals surface area contributed by atoms with E-state index < -0.39 is 0 Å². The molecule has 0 unspecified atom stereocenters. The van der Waals surface area contributed by atoms with E-state index in [4.69, 9.17) is 9.97 Å². The van der Waals surface area contributed by atoms with Gasteiger partial charge in [-0.3, -0.25) is 0 Å². The third-order valence-corrected chi connectivity index (χ3v) is 2.72. The first kappa shape index (κ1) is 14.7. The molecule has 2 aromatic rings. The van der Waals surface area contributed by atoms with Gasteiger partial charge < -0.3 is 0 Å². The van der Waals surface area contributed by atoms with Crippen LogP contribution in [0.5, 0.6) is 0 Å². The van der Waals surface area contributed by atoms with Gasteiger partial charge in [0.15, 0.2) is 0 Å². The van der Waals surface area contributed by atoms with Crippen LogP contribution in [0.4, 0.5) is 0 Å². The summed E-state index contributed by atoms with van der Waals surface area (Å²) in [5, 5.41) is 0. The SMILES string of the molecule is CC(C)c1nc2ccccc2nc1C(C)C.[U]. The minimum Gasteiger partial charge on any atom is -0.249 e. The molecular weight excluding hydrogens is 434 g/mol. The van der Waals surface area contributed by atoms with Crippen molar-refractivity contribution in [1.29, 1.82) is 0 Å². The van der Waals surface area contributed by atoms with Gasteiger partial charge in [-0.05, 0) is 24.0 Å². The van der Waals surface area contributed by atoms with Crippen LogP contribution >= 0.6 is 0 Å². The maximum absolute atomic E-state index is 4.73. The van der Waals surface area contributed by atoms with Crippen LogP contribution in [-0.4, -0.2) is 9.97 Å². The Morgan fingerprint density at radius 1 is 0.765 bits per heavy atom. The van der Waals surface area contributed by atoms with Gasteiger partial charge in [-0.15, -0.1) is 0 Å². The summed E-state index contributed by atoms with van der Waals surface area (Å²) in [5.41, 5.74) is 4.26. The Balaban J connectivity index is 0.00000144. The van der Waals surface area contributed by atoms with Crippen molar-refractivity contribution < 1.29 is 31.1 Å². The van der Waals surface area contributed by atoms with E-state index in [-0.39, 0.29) is 31.1 Å². The van der Waals surface area contributed by atoms with Gasteiger partial charge in [0.1, 0.15) is 0 Å². The average Bonchev–Trinajstić information content (AvgIpc) is 2.27. The standard InChI is InChI=1S/C14H18N2.U/c1-9(2)13-14(10(3)4)16-12-8-6-5-7-11(12)15-13;/h5-10H,1-4H3;. The van der Waals surface area contributed by atoms with Gasteiger partial charge in [0.25, 0.3) is 0 Å². The van der Waals surface area contributed by atoms with Crippen LogP contribution in [0.25, 0.3) is 11.0 Å². The zero-order chi connectivity index (χ0) is 11.7. The molecule has 1 aromatic carbocycles. The van der Waals surface area contributed by atoms with Gasteiger partial charge >= 0.3 is 0 Å². The number of hydrogen-bond acceptors (Lipinski definition) is 2. The second kappa shape index (κ2) is 5.98. The Morgan fingerprint density at radius 3 is 1.41 bits per heavy atom. The molecule has 0 atom stereocenters. The molecule has 0 amide bonds. The molecule has 2 rings (SSSR count). The molecule has 0 aliphatic rings. The van der Waals surface area contributed by atoms with Crippen molar-refractivity contribution in [1.82, 2.24) is 9.97 Å². The summed E-state index contributed by atoms with van der Waals surface area (Å²) in [5.74, 6) is 0.851. The van der Waals surface area contributed by atoms with Crippen LogP contribution in [0.15, 0.2) is 24.3 Å². The third kappa shape index (κ3) is 3.09. The summed E-state index contributed by atoms with van der Waals surface area (Å²) in [6.45, 7) is 8.69. The van der Waals surface area contributed by atoms with E-state index in [1.165, 1.54) is 0 Å². The summed E-state index contributed by atoms with van der Waals surface area (Å²) < 4.78 is 0. The molecule has 0 saturated heterocycles. The second-order valence-electron chi connectivity index (χ2n) is 4.79. The number of aromatic nitrogens is 2.